The number of nitrogens with one attached hydrogen (secondary N) is 1. The molecule has 0 rings (SSSR count). The molecule has 0 aromatic heterocycles. The molecule has 0 saturated carbocycles. The van der Waals surface area contributed by atoms with Gasteiger partial charge in [0.25, 0.3) is 0 Å². The predicted molar refractivity (Wildman–Crippen MR) is 62.7 cm³/mol. The number of allylic oxidation sites excluding steroid dienone is 1. The van der Waals surface area contributed by atoms with Crippen molar-refractivity contribution >= 4 is 15.9 Å². The SMILES string of the molecule is CNC(Br)N(C)/C=C/CCC(C)C. The molecule has 3 heteroatoms. The second-order valence-corrected chi connectivity index (χ2v) is 4.51. The van der Waals surface area contributed by atoms with Crippen LogP contribution in [0.3, 0.4) is 0 Å². The maximum Gasteiger partial charge on any atom is 0.136 e. The van der Waals surface area contributed by atoms with Gasteiger partial charge in [0.1, 0.15) is 5.08 Å². The van der Waals surface area contributed by atoms with Gasteiger partial charge < -0.3 is 4.90 Å². The zero-order chi connectivity index (χ0) is 10.3. The third-order valence-electron chi connectivity index (χ3n) is 1.85. The van der Waals surface area contributed by atoms with E-state index < -0.39 is 0 Å². The molecule has 0 aromatic rings. The van der Waals surface area contributed by atoms with E-state index >= 15 is 0 Å². The maximum atomic E-state index is 3.49. The molecule has 13 heavy (non-hydrogen) atoms. The van der Waals surface area contributed by atoms with E-state index in [1.807, 2.05) is 14.1 Å². The summed E-state index contributed by atoms with van der Waals surface area (Å²) in [4.78, 5) is 2.10. The van der Waals surface area contributed by atoms with Crippen molar-refractivity contribution in [2.45, 2.75) is 31.8 Å². The monoisotopic (exact) mass is 248 g/mol. The summed E-state index contributed by atoms with van der Waals surface area (Å²) in [6, 6.07) is 0. The molecule has 0 aliphatic heterocycles. The van der Waals surface area contributed by atoms with Crippen LogP contribution in [0.25, 0.3) is 0 Å². The van der Waals surface area contributed by atoms with Gasteiger partial charge in [-0.3, -0.25) is 5.32 Å². The van der Waals surface area contributed by atoms with Crippen LogP contribution in [-0.4, -0.2) is 24.1 Å². The molecule has 1 atom stereocenters. The first-order valence-corrected chi connectivity index (χ1v) is 5.69. The normalized spacial score (nSPS) is 14.0. The van der Waals surface area contributed by atoms with Crippen molar-refractivity contribution in [3.63, 3.8) is 0 Å². The van der Waals surface area contributed by atoms with Crippen molar-refractivity contribution in [3.05, 3.63) is 12.3 Å². The quantitative estimate of drug-likeness (QED) is 0.442. The van der Waals surface area contributed by atoms with E-state index in [9.17, 15) is 0 Å². The van der Waals surface area contributed by atoms with Gasteiger partial charge in [0, 0.05) is 7.05 Å². The number of rotatable bonds is 6. The van der Waals surface area contributed by atoms with Crippen molar-refractivity contribution in [1.82, 2.24) is 10.2 Å². The molecule has 0 fully saturated rings. The lowest BCUT2D eigenvalue weighted by Crippen LogP contribution is -2.32. The average Bonchev–Trinajstić information content (AvgIpc) is 2.10. The summed E-state index contributed by atoms with van der Waals surface area (Å²) in [6.07, 6.45) is 6.74. The molecule has 0 heterocycles. The summed E-state index contributed by atoms with van der Waals surface area (Å²) in [5.74, 6) is 0.791. The summed E-state index contributed by atoms with van der Waals surface area (Å²) >= 11 is 3.49. The summed E-state index contributed by atoms with van der Waals surface area (Å²) in [6.45, 7) is 4.50. The molecular formula is C10H21BrN2. The minimum Gasteiger partial charge on any atom is -0.357 e. The number of nitrogens with zero attached hydrogens (tertiary/aromatic N) is 1. The van der Waals surface area contributed by atoms with Crippen molar-refractivity contribution in [3.8, 4) is 0 Å². The lowest BCUT2D eigenvalue weighted by Gasteiger charge is -2.20. The third kappa shape index (κ3) is 7.08. The van der Waals surface area contributed by atoms with Crippen molar-refractivity contribution in [2.24, 2.45) is 5.92 Å². The maximum absolute atomic E-state index is 3.49. The molecule has 0 radical (unpaired) electrons. The van der Waals surface area contributed by atoms with Crippen LogP contribution < -0.4 is 5.32 Å². The molecule has 0 bridgehead atoms. The third-order valence-corrected chi connectivity index (χ3v) is 2.95. The Morgan fingerprint density at radius 3 is 2.54 bits per heavy atom. The summed E-state index contributed by atoms with van der Waals surface area (Å²) in [5, 5.41) is 3.33. The molecule has 0 aliphatic rings. The number of halogens is 1. The van der Waals surface area contributed by atoms with E-state index in [-0.39, 0.29) is 5.08 Å². The molecule has 0 amide bonds. The topological polar surface area (TPSA) is 15.3 Å². The second-order valence-electron chi connectivity index (χ2n) is 3.65. The predicted octanol–water partition coefficient (Wildman–Crippen LogP) is 2.77. The molecule has 1 unspecified atom stereocenters. The Morgan fingerprint density at radius 2 is 2.08 bits per heavy atom. The fourth-order valence-corrected chi connectivity index (χ4v) is 1.09. The van der Waals surface area contributed by atoms with Gasteiger partial charge in [-0.25, -0.2) is 0 Å². The molecule has 0 spiro atoms. The number of hydrogen-bond acceptors (Lipinski definition) is 2. The van der Waals surface area contributed by atoms with Crippen LogP contribution in [0.15, 0.2) is 12.3 Å². The van der Waals surface area contributed by atoms with E-state index in [1.165, 1.54) is 6.42 Å². The highest BCUT2D eigenvalue weighted by Crippen LogP contribution is 2.06. The lowest BCUT2D eigenvalue weighted by atomic mass is 10.1. The van der Waals surface area contributed by atoms with Gasteiger partial charge in [0.05, 0.1) is 0 Å². The smallest absolute Gasteiger partial charge is 0.136 e. The molecule has 0 aromatic carbocycles. The van der Waals surface area contributed by atoms with Crippen LogP contribution in [0.5, 0.6) is 0 Å². The Hall–Kier alpha value is -0.0200. The van der Waals surface area contributed by atoms with Gasteiger partial charge in [-0.05, 0) is 47.9 Å². The molecule has 1 N–H and O–H groups in total. The van der Waals surface area contributed by atoms with Gasteiger partial charge >= 0.3 is 0 Å². The highest BCUT2D eigenvalue weighted by molar-refractivity contribution is 9.09. The van der Waals surface area contributed by atoms with Crippen LogP contribution in [0.1, 0.15) is 26.7 Å². The van der Waals surface area contributed by atoms with Gasteiger partial charge in [0.15, 0.2) is 0 Å². The van der Waals surface area contributed by atoms with Crippen LogP contribution in [0.4, 0.5) is 0 Å². The van der Waals surface area contributed by atoms with Crippen LogP contribution >= 0.6 is 15.9 Å². The Morgan fingerprint density at radius 1 is 1.46 bits per heavy atom. The largest absolute Gasteiger partial charge is 0.357 e. The van der Waals surface area contributed by atoms with Crippen LogP contribution in [0, 0.1) is 5.92 Å². The fourth-order valence-electron chi connectivity index (χ4n) is 0.950. The molecule has 2 nitrogen and oxygen atoms in total. The Labute approximate surface area is 90.5 Å². The van der Waals surface area contributed by atoms with Crippen LogP contribution in [0.2, 0.25) is 0 Å². The van der Waals surface area contributed by atoms with Crippen molar-refractivity contribution < 1.29 is 0 Å². The zero-order valence-electron chi connectivity index (χ0n) is 9.05. The Balaban J connectivity index is 3.59. The standard InChI is InChI=1S/C10H21BrN2/c1-9(2)7-5-6-8-13(4)10(11)12-3/h6,8-10,12H,5,7H2,1-4H3/b8-6+. The minimum absolute atomic E-state index is 0.225. The van der Waals surface area contributed by atoms with E-state index in [2.05, 4.69) is 52.3 Å². The first-order valence-electron chi connectivity index (χ1n) is 4.78. The van der Waals surface area contributed by atoms with Gasteiger partial charge in [-0.15, -0.1) is 0 Å². The second kappa shape index (κ2) is 7.39. The van der Waals surface area contributed by atoms with Crippen LogP contribution in [-0.2, 0) is 0 Å². The number of alkyl halides is 1. The summed E-state index contributed by atoms with van der Waals surface area (Å²) in [5.41, 5.74) is 0. The van der Waals surface area contributed by atoms with Gasteiger partial charge in [0.2, 0.25) is 0 Å². The summed E-state index contributed by atoms with van der Waals surface area (Å²) in [7, 11) is 3.97. The Kier molecular flexibility index (Phi) is 7.38. The number of hydrogen-bond donors (Lipinski definition) is 1. The first kappa shape index (κ1) is 13.0. The highest BCUT2D eigenvalue weighted by Gasteiger charge is 2.01. The zero-order valence-corrected chi connectivity index (χ0v) is 10.6. The summed E-state index contributed by atoms with van der Waals surface area (Å²) < 4.78 is 0. The van der Waals surface area contributed by atoms with E-state index in [4.69, 9.17) is 0 Å². The van der Waals surface area contributed by atoms with E-state index in [0.29, 0.717) is 0 Å². The average molecular weight is 249 g/mol. The highest BCUT2D eigenvalue weighted by atomic mass is 79.9. The molecule has 0 aliphatic carbocycles. The lowest BCUT2D eigenvalue weighted by molar-refractivity contribution is 0.396. The first-order chi connectivity index (χ1) is 6.07. The van der Waals surface area contributed by atoms with Crippen molar-refractivity contribution in [2.75, 3.05) is 14.1 Å². The molecule has 0 saturated heterocycles. The Bertz CT molecular complexity index is 146. The fraction of sp³-hybridized carbons (Fsp3) is 0.800. The molecular weight excluding hydrogens is 228 g/mol. The molecule has 78 valence electrons. The van der Waals surface area contributed by atoms with E-state index in [1.54, 1.807) is 0 Å². The van der Waals surface area contributed by atoms with Crippen molar-refractivity contribution in [1.29, 1.82) is 0 Å². The minimum atomic E-state index is 0.225. The van der Waals surface area contributed by atoms with Gasteiger partial charge in [-0.2, -0.15) is 0 Å². The van der Waals surface area contributed by atoms with E-state index in [0.717, 1.165) is 12.3 Å². The van der Waals surface area contributed by atoms with Gasteiger partial charge in [-0.1, -0.05) is 19.9 Å².